The molecule has 1 aliphatic carbocycles. The largest absolute Gasteiger partial charge is 0.481 e. The first kappa shape index (κ1) is 21.8. The molecule has 0 amide bonds. The maximum Gasteiger partial charge on any atom is 0.313 e. The number of aromatic nitrogens is 1. The third-order valence-corrected chi connectivity index (χ3v) is 6.36. The van der Waals surface area contributed by atoms with Crippen LogP contribution in [0, 0.1) is 12.8 Å². The number of hydrogen-bond acceptors (Lipinski definition) is 5. The van der Waals surface area contributed by atoms with Crippen LogP contribution in [0.4, 0.5) is 0 Å². The van der Waals surface area contributed by atoms with Crippen molar-refractivity contribution in [3.63, 3.8) is 0 Å². The van der Waals surface area contributed by atoms with Gasteiger partial charge in [-0.15, -0.1) is 11.8 Å². The van der Waals surface area contributed by atoms with E-state index in [0.717, 1.165) is 34.8 Å². The molecule has 2 aromatic heterocycles. The number of rotatable bonds is 10. The van der Waals surface area contributed by atoms with Crippen LogP contribution in [0.25, 0.3) is 6.08 Å². The predicted octanol–water partition coefficient (Wildman–Crippen LogP) is 6.07. The van der Waals surface area contributed by atoms with Gasteiger partial charge in [0.15, 0.2) is 5.89 Å². The maximum absolute atomic E-state index is 10.5. The van der Waals surface area contributed by atoms with Crippen molar-refractivity contribution in [3.05, 3.63) is 47.1 Å². The molecule has 0 aromatic carbocycles. The van der Waals surface area contributed by atoms with E-state index in [1.54, 1.807) is 0 Å². The fraction of sp³-hybridized carbons (Fsp3) is 0.565. The fourth-order valence-corrected chi connectivity index (χ4v) is 4.62. The van der Waals surface area contributed by atoms with Crippen LogP contribution in [0.15, 0.2) is 27.0 Å². The maximum atomic E-state index is 10.5. The lowest BCUT2D eigenvalue weighted by atomic mass is 9.79. The number of hydrogen-bond donors (Lipinski definition) is 1. The second kappa shape index (κ2) is 10.7. The van der Waals surface area contributed by atoms with Crippen molar-refractivity contribution < 1.29 is 18.7 Å². The molecule has 0 bridgehead atoms. The number of oxazole rings is 1. The van der Waals surface area contributed by atoms with Gasteiger partial charge in [0.25, 0.3) is 0 Å². The minimum absolute atomic E-state index is 0.113. The van der Waals surface area contributed by atoms with Gasteiger partial charge >= 0.3 is 5.97 Å². The number of aryl methyl sites for hydroxylation is 1. The van der Waals surface area contributed by atoms with E-state index in [-0.39, 0.29) is 5.75 Å². The number of carboxylic acids is 1. The summed E-state index contributed by atoms with van der Waals surface area (Å²) >= 11 is 1.36. The van der Waals surface area contributed by atoms with E-state index in [1.165, 1.54) is 50.3 Å². The summed E-state index contributed by atoms with van der Waals surface area (Å²) in [4.78, 5) is 15.3. The zero-order chi connectivity index (χ0) is 20.6. The van der Waals surface area contributed by atoms with Crippen LogP contribution in [0.5, 0.6) is 0 Å². The van der Waals surface area contributed by atoms with Gasteiger partial charge in [0.05, 0.1) is 17.9 Å². The molecule has 1 fully saturated rings. The highest BCUT2D eigenvalue weighted by Crippen LogP contribution is 2.38. The van der Waals surface area contributed by atoms with Crippen LogP contribution in [0.1, 0.15) is 80.2 Å². The van der Waals surface area contributed by atoms with Crippen molar-refractivity contribution in [3.8, 4) is 0 Å². The molecule has 3 rings (SSSR count). The van der Waals surface area contributed by atoms with E-state index in [9.17, 15) is 4.79 Å². The van der Waals surface area contributed by atoms with Crippen molar-refractivity contribution in [2.45, 2.75) is 64.7 Å². The van der Waals surface area contributed by atoms with Crippen LogP contribution >= 0.6 is 11.8 Å². The fourth-order valence-electron chi connectivity index (χ4n) is 4.10. The van der Waals surface area contributed by atoms with Gasteiger partial charge in [-0.25, -0.2) is 4.98 Å². The molecular weight excluding hydrogens is 386 g/mol. The standard InChI is InChI=1S/C23H31NO4S/c1-3-6-17-7-4-8-18(13-17)23-24-21(16(2)27-23)14-20-11-10-19(28-20)9-5-12-29-15-22(25)26/h5,9-11,17-18H,3-4,6-8,12-15H2,1-2H3,(H,25,26)/b9-5+. The van der Waals surface area contributed by atoms with Crippen LogP contribution in [0.2, 0.25) is 0 Å². The van der Waals surface area contributed by atoms with Crippen LogP contribution in [-0.4, -0.2) is 27.6 Å². The molecule has 2 unspecified atom stereocenters. The van der Waals surface area contributed by atoms with Crippen molar-refractivity contribution in [1.29, 1.82) is 0 Å². The molecular formula is C23H31NO4S. The van der Waals surface area contributed by atoms with E-state index in [2.05, 4.69) is 6.92 Å². The Morgan fingerprint density at radius 3 is 3.00 bits per heavy atom. The highest BCUT2D eigenvalue weighted by Gasteiger charge is 2.27. The Labute approximate surface area is 177 Å². The van der Waals surface area contributed by atoms with E-state index < -0.39 is 5.97 Å². The molecule has 2 heterocycles. The van der Waals surface area contributed by atoms with Gasteiger partial charge in [0, 0.05) is 11.7 Å². The predicted molar refractivity (Wildman–Crippen MR) is 116 cm³/mol. The molecule has 2 atom stereocenters. The number of carbonyl (C=O) groups is 1. The van der Waals surface area contributed by atoms with Crippen molar-refractivity contribution in [2.24, 2.45) is 5.92 Å². The Bertz CT molecular complexity index is 821. The Morgan fingerprint density at radius 2 is 2.21 bits per heavy atom. The smallest absolute Gasteiger partial charge is 0.313 e. The first-order valence-corrected chi connectivity index (χ1v) is 11.7. The summed E-state index contributed by atoms with van der Waals surface area (Å²) in [7, 11) is 0. The lowest BCUT2D eigenvalue weighted by molar-refractivity contribution is -0.133. The quantitative estimate of drug-likeness (QED) is 0.473. The van der Waals surface area contributed by atoms with Crippen molar-refractivity contribution >= 4 is 23.8 Å². The number of aliphatic carboxylic acids is 1. The third-order valence-electron chi connectivity index (χ3n) is 5.48. The van der Waals surface area contributed by atoms with E-state index >= 15 is 0 Å². The van der Waals surface area contributed by atoms with E-state index in [4.69, 9.17) is 18.9 Å². The summed E-state index contributed by atoms with van der Waals surface area (Å²) in [5.74, 6) is 4.64. The van der Waals surface area contributed by atoms with Gasteiger partial charge in [-0.2, -0.15) is 0 Å². The number of carboxylic acid groups (broad SMARTS) is 1. The molecule has 5 nitrogen and oxygen atoms in total. The minimum atomic E-state index is -0.792. The van der Waals surface area contributed by atoms with Gasteiger partial charge in [-0.1, -0.05) is 38.7 Å². The zero-order valence-corrected chi connectivity index (χ0v) is 18.2. The zero-order valence-electron chi connectivity index (χ0n) is 17.4. The molecule has 1 aliphatic rings. The molecule has 0 spiro atoms. The van der Waals surface area contributed by atoms with Gasteiger partial charge in [0.1, 0.15) is 17.3 Å². The summed E-state index contributed by atoms with van der Waals surface area (Å²) in [6.45, 7) is 4.25. The van der Waals surface area contributed by atoms with E-state index in [0.29, 0.717) is 18.1 Å². The average Bonchev–Trinajstić information content (AvgIpc) is 3.29. The third kappa shape index (κ3) is 6.53. The Morgan fingerprint density at radius 1 is 1.34 bits per heavy atom. The number of furan rings is 1. The second-order valence-electron chi connectivity index (χ2n) is 7.87. The van der Waals surface area contributed by atoms with Crippen LogP contribution in [-0.2, 0) is 11.2 Å². The molecule has 2 aromatic rings. The van der Waals surface area contributed by atoms with Crippen LogP contribution in [0.3, 0.4) is 0 Å². The Hall–Kier alpha value is -1.95. The Balaban J connectivity index is 1.56. The van der Waals surface area contributed by atoms with Crippen molar-refractivity contribution in [2.75, 3.05) is 11.5 Å². The average molecular weight is 418 g/mol. The molecule has 0 aliphatic heterocycles. The first-order chi connectivity index (χ1) is 14.0. The molecule has 1 N–H and O–H groups in total. The van der Waals surface area contributed by atoms with Crippen molar-refractivity contribution in [1.82, 2.24) is 4.98 Å². The summed E-state index contributed by atoms with van der Waals surface area (Å²) in [5.41, 5.74) is 0.958. The van der Waals surface area contributed by atoms with Gasteiger partial charge < -0.3 is 13.9 Å². The van der Waals surface area contributed by atoms with Crippen LogP contribution < -0.4 is 0 Å². The molecule has 0 radical (unpaired) electrons. The SMILES string of the molecule is CCCC1CCCC(c2nc(Cc3ccc(/C=C/CSCC(=O)O)o3)c(C)o2)C1. The van der Waals surface area contributed by atoms with E-state index in [1.807, 2.05) is 31.2 Å². The lowest BCUT2D eigenvalue weighted by Gasteiger charge is -2.26. The van der Waals surface area contributed by atoms with Gasteiger partial charge in [-0.3, -0.25) is 4.79 Å². The van der Waals surface area contributed by atoms with Gasteiger partial charge in [0.2, 0.25) is 0 Å². The Kier molecular flexibility index (Phi) is 8.04. The lowest BCUT2D eigenvalue weighted by Crippen LogP contribution is -2.14. The first-order valence-electron chi connectivity index (χ1n) is 10.6. The normalized spacial score (nSPS) is 19.8. The molecule has 29 heavy (non-hydrogen) atoms. The second-order valence-corrected chi connectivity index (χ2v) is 8.90. The summed E-state index contributed by atoms with van der Waals surface area (Å²) in [6, 6.07) is 3.90. The summed E-state index contributed by atoms with van der Waals surface area (Å²) < 4.78 is 11.9. The summed E-state index contributed by atoms with van der Waals surface area (Å²) in [5, 5.41) is 8.64. The summed E-state index contributed by atoms with van der Waals surface area (Å²) in [6.07, 6.45) is 12.0. The molecule has 158 valence electrons. The minimum Gasteiger partial charge on any atom is -0.481 e. The molecule has 1 saturated carbocycles. The molecule has 6 heteroatoms. The number of nitrogens with zero attached hydrogens (tertiary/aromatic N) is 1. The monoisotopic (exact) mass is 417 g/mol. The number of thioether (sulfide) groups is 1. The highest BCUT2D eigenvalue weighted by molar-refractivity contribution is 8.00. The van der Waals surface area contributed by atoms with Gasteiger partial charge in [-0.05, 0) is 43.9 Å². The highest BCUT2D eigenvalue weighted by atomic mass is 32.2. The topological polar surface area (TPSA) is 76.5 Å². The molecule has 0 saturated heterocycles.